The van der Waals surface area contributed by atoms with Gasteiger partial charge in [-0.2, -0.15) is 0 Å². The van der Waals surface area contributed by atoms with Crippen molar-refractivity contribution in [3.8, 4) is 0 Å². The van der Waals surface area contributed by atoms with Gasteiger partial charge in [0.2, 0.25) is 0 Å². The van der Waals surface area contributed by atoms with Crippen molar-refractivity contribution < 1.29 is 8.42 Å². The molecule has 0 aromatic heterocycles. The van der Waals surface area contributed by atoms with Crippen LogP contribution in [0.4, 0.5) is 0 Å². The van der Waals surface area contributed by atoms with Crippen LogP contribution in [0, 0.1) is 5.92 Å². The van der Waals surface area contributed by atoms with E-state index in [0.717, 1.165) is 5.92 Å². The molecular formula is C11H19NO2S. The molecule has 0 spiro atoms. The van der Waals surface area contributed by atoms with Crippen molar-refractivity contribution in [1.82, 2.24) is 5.32 Å². The summed E-state index contributed by atoms with van der Waals surface area (Å²) in [5, 5.41) is 4.75. The highest BCUT2D eigenvalue weighted by Gasteiger charge is 2.27. The molecule has 1 fully saturated rings. The van der Waals surface area contributed by atoms with E-state index >= 15 is 0 Å². The monoisotopic (exact) mass is 229 g/mol. The Kier molecular flexibility index (Phi) is 3.16. The number of rotatable bonds is 3. The van der Waals surface area contributed by atoms with E-state index in [1.54, 1.807) is 6.08 Å². The van der Waals surface area contributed by atoms with Gasteiger partial charge in [0.1, 0.15) is 0 Å². The summed E-state index contributed by atoms with van der Waals surface area (Å²) in [5.74, 6) is 0.978. The Hall–Kier alpha value is -0.350. The molecule has 1 N–H and O–H groups in total. The van der Waals surface area contributed by atoms with E-state index in [4.69, 9.17) is 0 Å². The summed E-state index contributed by atoms with van der Waals surface area (Å²) in [7, 11) is -2.91. The van der Waals surface area contributed by atoms with Crippen LogP contribution in [0.3, 0.4) is 0 Å². The molecule has 1 heterocycles. The third-order valence-corrected chi connectivity index (χ3v) is 4.91. The molecule has 2 atom stereocenters. The second-order valence-electron chi connectivity index (χ2n) is 4.76. The molecule has 1 aliphatic carbocycles. The first kappa shape index (κ1) is 11.1. The van der Waals surface area contributed by atoms with Crippen LogP contribution in [0.15, 0.2) is 11.5 Å². The van der Waals surface area contributed by atoms with Crippen LogP contribution in [0.25, 0.3) is 0 Å². The van der Waals surface area contributed by atoms with Crippen molar-refractivity contribution in [3.63, 3.8) is 0 Å². The van der Waals surface area contributed by atoms with E-state index in [1.807, 2.05) is 0 Å². The standard InChI is InChI=1S/C11H19NO2S/c1-9(10-4-2-3-5-10)12-11-6-7-15(13,14)8-11/h6-7,9-12H,2-5,8H2,1H3. The molecule has 2 aliphatic rings. The lowest BCUT2D eigenvalue weighted by Gasteiger charge is -2.23. The second-order valence-corrected chi connectivity index (χ2v) is 6.70. The fourth-order valence-corrected chi connectivity index (χ4v) is 3.86. The fraction of sp³-hybridized carbons (Fsp3) is 0.818. The summed E-state index contributed by atoms with van der Waals surface area (Å²) in [4.78, 5) is 0. The third kappa shape index (κ3) is 2.82. The highest BCUT2D eigenvalue weighted by molar-refractivity contribution is 7.94. The van der Waals surface area contributed by atoms with Gasteiger partial charge in [-0.1, -0.05) is 18.9 Å². The molecule has 0 radical (unpaired) electrons. The molecule has 2 rings (SSSR count). The van der Waals surface area contributed by atoms with Crippen molar-refractivity contribution >= 4 is 9.84 Å². The summed E-state index contributed by atoms with van der Waals surface area (Å²) < 4.78 is 22.4. The van der Waals surface area contributed by atoms with E-state index in [9.17, 15) is 8.42 Å². The van der Waals surface area contributed by atoms with Crippen molar-refractivity contribution in [2.75, 3.05) is 5.75 Å². The Balaban J connectivity index is 1.85. The summed E-state index contributed by atoms with van der Waals surface area (Å²) in [5.41, 5.74) is 0. The summed E-state index contributed by atoms with van der Waals surface area (Å²) in [6.45, 7) is 2.18. The average molecular weight is 229 g/mol. The molecule has 2 unspecified atom stereocenters. The minimum absolute atomic E-state index is 0.0330. The lowest BCUT2D eigenvalue weighted by Crippen LogP contribution is -2.40. The van der Waals surface area contributed by atoms with Crippen molar-refractivity contribution in [1.29, 1.82) is 0 Å². The predicted molar refractivity (Wildman–Crippen MR) is 61.3 cm³/mol. The van der Waals surface area contributed by atoms with Crippen LogP contribution in [-0.4, -0.2) is 26.3 Å². The average Bonchev–Trinajstić information content (AvgIpc) is 2.74. The number of hydrogen-bond acceptors (Lipinski definition) is 3. The zero-order valence-electron chi connectivity index (χ0n) is 9.15. The quantitative estimate of drug-likeness (QED) is 0.797. The SMILES string of the molecule is CC(NC1C=CS(=O)(=O)C1)C1CCCC1. The highest BCUT2D eigenvalue weighted by Crippen LogP contribution is 2.28. The maximum atomic E-state index is 11.2. The molecular weight excluding hydrogens is 210 g/mol. The van der Waals surface area contributed by atoms with E-state index in [-0.39, 0.29) is 11.8 Å². The van der Waals surface area contributed by atoms with Gasteiger partial charge < -0.3 is 5.32 Å². The van der Waals surface area contributed by atoms with Gasteiger partial charge >= 0.3 is 0 Å². The molecule has 4 heteroatoms. The van der Waals surface area contributed by atoms with Gasteiger partial charge in [0.15, 0.2) is 9.84 Å². The minimum atomic E-state index is -2.91. The third-order valence-electron chi connectivity index (χ3n) is 3.51. The summed E-state index contributed by atoms with van der Waals surface area (Å²) in [6, 6.07) is 0.473. The molecule has 0 bridgehead atoms. The van der Waals surface area contributed by atoms with Crippen molar-refractivity contribution in [2.24, 2.45) is 5.92 Å². The van der Waals surface area contributed by atoms with E-state index in [0.29, 0.717) is 6.04 Å². The predicted octanol–water partition coefficient (Wildman–Crippen LogP) is 1.47. The van der Waals surface area contributed by atoms with Crippen LogP contribution in [0.2, 0.25) is 0 Å². The number of hydrogen-bond donors (Lipinski definition) is 1. The molecule has 0 aromatic carbocycles. The first-order valence-corrected chi connectivity index (χ1v) is 7.45. The Morgan fingerprint density at radius 3 is 2.53 bits per heavy atom. The molecule has 15 heavy (non-hydrogen) atoms. The summed E-state index contributed by atoms with van der Waals surface area (Å²) in [6.07, 6.45) is 7.01. The van der Waals surface area contributed by atoms with Gasteiger partial charge in [0.25, 0.3) is 0 Å². The van der Waals surface area contributed by atoms with Gasteiger partial charge in [-0.25, -0.2) is 8.42 Å². The summed E-state index contributed by atoms with van der Waals surface area (Å²) >= 11 is 0. The maximum absolute atomic E-state index is 11.2. The molecule has 3 nitrogen and oxygen atoms in total. The fourth-order valence-electron chi connectivity index (χ4n) is 2.61. The van der Waals surface area contributed by atoms with E-state index in [2.05, 4.69) is 12.2 Å². The lowest BCUT2D eigenvalue weighted by molar-refractivity contribution is 0.370. The first-order valence-electron chi connectivity index (χ1n) is 5.74. The van der Waals surface area contributed by atoms with E-state index in [1.165, 1.54) is 31.1 Å². The largest absolute Gasteiger partial charge is 0.307 e. The zero-order valence-corrected chi connectivity index (χ0v) is 9.96. The first-order chi connectivity index (χ1) is 7.07. The van der Waals surface area contributed by atoms with Crippen LogP contribution in [0.5, 0.6) is 0 Å². The Morgan fingerprint density at radius 2 is 2.00 bits per heavy atom. The van der Waals surface area contributed by atoms with Gasteiger partial charge in [-0.15, -0.1) is 0 Å². The van der Waals surface area contributed by atoms with Crippen LogP contribution in [-0.2, 0) is 9.84 Å². The van der Waals surface area contributed by atoms with Gasteiger partial charge in [-0.3, -0.25) is 0 Å². The van der Waals surface area contributed by atoms with Crippen LogP contribution >= 0.6 is 0 Å². The molecule has 1 aliphatic heterocycles. The molecule has 0 amide bonds. The van der Waals surface area contributed by atoms with Crippen molar-refractivity contribution in [2.45, 2.75) is 44.7 Å². The Bertz CT molecular complexity index is 342. The number of nitrogens with one attached hydrogen (secondary N) is 1. The molecule has 0 saturated heterocycles. The Morgan fingerprint density at radius 1 is 1.33 bits per heavy atom. The second kappa shape index (κ2) is 4.26. The van der Waals surface area contributed by atoms with Gasteiger partial charge in [0, 0.05) is 17.5 Å². The van der Waals surface area contributed by atoms with Crippen LogP contribution < -0.4 is 5.32 Å². The topological polar surface area (TPSA) is 46.2 Å². The Labute approximate surface area is 91.9 Å². The van der Waals surface area contributed by atoms with Crippen molar-refractivity contribution in [3.05, 3.63) is 11.5 Å². The van der Waals surface area contributed by atoms with Gasteiger partial charge in [-0.05, 0) is 25.7 Å². The smallest absolute Gasteiger partial charge is 0.173 e. The normalized spacial score (nSPS) is 32.2. The van der Waals surface area contributed by atoms with E-state index < -0.39 is 9.84 Å². The lowest BCUT2D eigenvalue weighted by atomic mass is 9.99. The highest BCUT2D eigenvalue weighted by atomic mass is 32.2. The molecule has 86 valence electrons. The van der Waals surface area contributed by atoms with Crippen LogP contribution in [0.1, 0.15) is 32.6 Å². The molecule has 1 saturated carbocycles. The maximum Gasteiger partial charge on any atom is 0.173 e. The molecule has 0 aromatic rings. The zero-order chi connectivity index (χ0) is 10.9. The van der Waals surface area contributed by atoms with Gasteiger partial charge in [0.05, 0.1) is 5.75 Å². The number of sulfone groups is 1. The minimum Gasteiger partial charge on any atom is -0.307 e.